The van der Waals surface area contributed by atoms with E-state index in [0.717, 1.165) is 0 Å². The number of amides is 1. The molecule has 0 aliphatic heterocycles. The SMILES string of the molecule is C[C@@H](CCN)C(=O)Nc1ccc(Cl)c(Cl)c1F. The van der Waals surface area contributed by atoms with Crippen molar-refractivity contribution in [2.24, 2.45) is 11.7 Å². The number of hydrogen-bond donors (Lipinski definition) is 2. The van der Waals surface area contributed by atoms with Gasteiger partial charge in [-0.25, -0.2) is 4.39 Å². The van der Waals surface area contributed by atoms with E-state index in [1.165, 1.54) is 12.1 Å². The molecule has 6 heteroatoms. The first-order chi connectivity index (χ1) is 7.97. The molecule has 94 valence electrons. The first-order valence-electron chi connectivity index (χ1n) is 5.11. The van der Waals surface area contributed by atoms with Crippen LogP contribution in [0.2, 0.25) is 10.0 Å². The van der Waals surface area contributed by atoms with Crippen molar-refractivity contribution >= 4 is 34.8 Å². The van der Waals surface area contributed by atoms with Crippen LogP contribution in [0, 0.1) is 11.7 Å². The van der Waals surface area contributed by atoms with Crippen LogP contribution in [-0.4, -0.2) is 12.5 Å². The fourth-order valence-corrected chi connectivity index (χ4v) is 1.57. The molecule has 0 spiro atoms. The Labute approximate surface area is 109 Å². The van der Waals surface area contributed by atoms with Gasteiger partial charge >= 0.3 is 0 Å². The summed E-state index contributed by atoms with van der Waals surface area (Å²) in [7, 11) is 0. The number of hydrogen-bond acceptors (Lipinski definition) is 2. The highest BCUT2D eigenvalue weighted by atomic mass is 35.5. The first-order valence-corrected chi connectivity index (χ1v) is 5.87. The molecule has 0 fully saturated rings. The van der Waals surface area contributed by atoms with Gasteiger partial charge in [-0.15, -0.1) is 0 Å². The van der Waals surface area contributed by atoms with E-state index in [4.69, 9.17) is 28.9 Å². The van der Waals surface area contributed by atoms with Crippen LogP contribution in [0.3, 0.4) is 0 Å². The largest absolute Gasteiger partial charge is 0.330 e. The summed E-state index contributed by atoms with van der Waals surface area (Å²) >= 11 is 11.3. The van der Waals surface area contributed by atoms with Gasteiger partial charge in [0, 0.05) is 5.92 Å². The molecule has 0 aliphatic rings. The van der Waals surface area contributed by atoms with E-state index in [1.54, 1.807) is 6.92 Å². The topological polar surface area (TPSA) is 55.1 Å². The normalized spacial score (nSPS) is 12.3. The number of carbonyl (C=O) groups excluding carboxylic acids is 1. The Morgan fingerprint density at radius 1 is 1.53 bits per heavy atom. The maximum absolute atomic E-state index is 13.6. The van der Waals surface area contributed by atoms with Crippen molar-refractivity contribution in [3.63, 3.8) is 0 Å². The average Bonchev–Trinajstić information content (AvgIpc) is 2.30. The number of anilines is 1. The summed E-state index contributed by atoms with van der Waals surface area (Å²) in [6.07, 6.45) is 0.536. The molecule has 0 bridgehead atoms. The van der Waals surface area contributed by atoms with Gasteiger partial charge < -0.3 is 11.1 Å². The zero-order valence-electron chi connectivity index (χ0n) is 9.27. The fraction of sp³-hybridized carbons (Fsp3) is 0.364. The Morgan fingerprint density at radius 2 is 2.18 bits per heavy atom. The molecule has 0 heterocycles. The van der Waals surface area contributed by atoms with Crippen LogP contribution in [0.4, 0.5) is 10.1 Å². The molecule has 17 heavy (non-hydrogen) atoms. The molecule has 1 atom stereocenters. The molecule has 1 amide bonds. The molecule has 0 aliphatic carbocycles. The molecule has 0 saturated carbocycles. The summed E-state index contributed by atoms with van der Waals surface area (Å²) < 4.78 is 13.6. The van der Waals surface area contributed by atoms with Crippen LogP contribution in [0.1, 0.15) is 13.3 Å². The summed E-state index contributed by atoms with van der Waals surface area (Å²) in [4.78, 5) is 11.6. The highest BCUT2D eigenvalue weighted by Gasteiger charge is 2.16. The standard InChI is InChI=1S/C11H13Cl2FN2O/c1-6(4-5-15)11(17)16-8-3-2-7(12)9(13)10(8)14/h2-3,6H,4-5,15H2,1H3,(H,16,17)/t6-/m0/s1. The van der Waals surface area contributed by atoms with E-state index in [1.807, 2.05) is 0 Å². The molecule has 3 N–H and O–H groups in total. The lowest BCUT2D eigenvalue weighted by atomic mass is 10.1. The van der Waals surface area contributed by atoms with Gasteiger partial charge in [-0.2, -0.15) is 0 Å². The van der Waals surface area contributed by atoms with Crippen LogP contribution in [0.25, 0.3) is 0 Å². The van der Waals surface area contributed by atoms with Crippen molar-refractivity contribution < 1.29 is 9.18 Å². The third-order valence-corrected chi connectivity index (χ3v) is 3.12. The summed E-state index contributed by atoms with van der Waals surface area (Å²) in [5.74, 6) is -1.31. The molecule has 3 nitrogen and oxygen atoms in total. The summed E-state index contributed by atoms with van der Waals surface area (Å²) in [5, 5.41) is 2.36. The van der Waals surface area contributed by atoms with Gasteiger partial charge in [-0.1, -0.05) is 30.1 Å². The Kier molecular flexibility index (Phi) is 5.18. The van der Waals surface area contributed by atoms with Gasteiger partial charge in [0.1, 0.15) is 0 Å². The minimum Gasteiger partial charge on any atom is -0.330 e. The molecule has 1 aromatic carbocycles. The van der Waals surface area contributed by atoms with Gasteiger partial charge in [0.15, 0.2) is 5.82 Å². The van der Waals surface area contributed by atoms with Crippen molar-refractivity contribution in [3.8, 4) is 0 Å². The molecule has 1 rings (SSSR count). The predicted octanol–water partition coefficient (Wildman–Crippen LogP) is 3.06. The minimum absolute atomic E-state index is 0.0215. The zero-order valence-corrected chi connectivity index (χ0v) is 10.8. The fourth-order valence-electron chi connectivity index (χ4n) is 1.26. The Balaban J connectivity index is 2.82. The van der Waals surface area contributed by atoms with Gasteiger partial charge in [0.25, 0.3) is 0 Å². The monoisotopic (exact) mass is 278 g/mol. The third-order valence-electron chi connectivity index (χ3n) is 2.34. The molecule has 0 unspecified atom stereocenters. The predicted molar refractivity (Wildman–Crippen MR) is 67.9 cm³/mol. The zero-order chi connectivity index (χ0) is 13.0. The highest BCUT2D eigenvalue weighted by Crippen LogP contribution is 2.30. The van der Waals surface area contributed by atoms with Crippen molar-refractivity contribution in [3.05, 3.63) is 28.0 Å². The second-order valence-corrected chi connectivity index (χ2v) is 4.48. The van der Waals surface area contributed by atoms with E-state index in [0.29, 0.717) is 13.0 Å². The second-order valence-electron chi connectivity index (χ2n) is 3.69. The minimum atomic E-state index is -0.729. The van der Waals surface area contributed by atoms with Crippen LogP contribution >= 0.6 is 23.2 Å². The lowest BCUT2D eigenvalue weighted by Gasteiger charge is -2.12. The number of nitrogens with one attached hydrogen (secondary N) is 1. The Bertz CT molecular complexity index is 426. The van der Waals surface area contributed by atoms with Crippen LogP contribution in [0.5, 0.6) is 0 Å². The van der Waals surface area contributed by atoms with Crippen LogP contribution < -0.4 is 11.1 Å². The van der Waals surface area contributed by atoms with E-state index in [9.17, 15) is 9.18 Å². The molecular formula is C11H13Cl2FN2O. The summed E-state index contributed by atoms with van der Waals surface area (Å²) in [6.45, 7) is 2.12. The maximum Gasteiger partial charge on any atom is 0.227 e. The van der Waals surface area contributed by atoms with Crippen molar-refractivity contribution in [1.29, 1.82) is 0 Å². The summed E-state index contributed by atoms with van der Waals surface area (Å²) in [6, 6.07) is 2.80. The number of rotatable bonds is 4. The quantitative estimate of drug-likeness (QED) is 0.832. The van der Waals surface area contributed by atoms with Crippen LogP contribution in [-0.2, 0) is 4.79 Å². The lowest BCUT2D eigenvalue weighted by molar-refractivity contribution is -0.119. The lowest BCUT2D eigenvalue weighted by Crippen LogP contribution is -2.23. The first kappa shape index (κ1) is 14.2. The Hall–Kier alpha value is -0.840. The van der Waals surface area contributed by atoms with Gasteiger partial charge in [-0.05, 0) is 25.1 Å². The van der Waals surface area contributed by atoms with Gasteiger partial charge in [0.05, 0.1) is 15.7 Å². The maximum atomic E-state index is 13.6. The van der Waals surface area contributed by atoms with Gasteiger partial charge in [0.2, 0.25) is 5.91 Å². The Morgan fingerprint density at radius 3 is 2.76 bits per heavy atom. The van der Waals surface area contributed by atoms with E-state index < -0.39 is 5.82 Å². The molecule has 1 aromatic rings. The molecule has 0 saturated heterocycles. The molecule has 0 aromatic heterocycles. The molecular weight excluding hydrogens is 266 g/mol. The second kappa shape index (κ2) is 6.19. The third kappa shape index (κ3) is 3.56. The van der Waals surface area contributed by atoms with Crippen LogP contribution in [0.15, 0.2) is 12.1 Å². The number of nitrogens with two attached hydrogens (primary N) is 1. The highest BCUT2D eigenvalue weighted by molar-refractivity contribution is 6.42. The number of carbonyl (C=O) groups is 1. The molecule has 0 radical (unpaired) electrons. The van der Waals surface area contributed by atoms with E-state index >= 15 is 0 Å². The smallest absolute Gasteiger partial charge is 0.227 e. The van der Waals surface area contributed by atoms with E-state index in [2.05, 4.69) is 5.32 Å². The summed E-state index contributed by atoms with van der Waals surface area (Å²) in [5.41, 5.74) is 5.36. The number of halogens is 3. The van der Waals surface area contributed by atoms with Gasteiger partial charge in [-0.3, -0.25) is 4.79 Å². The average molecular weight is 279 g/mol. The number of benzene rings is 1. The van der Waals surface area contributed by atoms with Crippen molar-refractivity contribution in [2.45, 2.75) is 13.3 Å². The van der Waals surface area contributed by atoms with E-state index in [-0.39, 0.29) is 27.6 Å². The van der Waals surface area contributed by atoms with Crippen molar-refractivity contribution in [2.75, 3.05) is 11.9 Å². The van der Waals surface area contributed by atoms with Crippen molar-refractivity contribution in [1.82, 2.24) is 0 Å².